The fraction of sp³-hybridized carbons (Fsp3) is 0.895. The summed E-state index contributed by atoms with van der Waals surface area (Å²) < 4.78 is 2.86. The van der Waals surface area contributed by atoms with Crippen LogP contribution in [0, 0.1) is 0 Å². The Morgan fingerprint density at radius 1 is 0.600 bits per heavy atom. The van der Waals surface area contributed by atoms with E-state index in [0.29, 0.717) is 8.64 Å². The molecule has 0 atom stereocenters. The molecule has 0 spiro atoms. The van der Waals surface area contributed by atoms with E-state index >= 15 is 0 Å². The molecule has 0 amide bonds. The summed E-state index contributed by atoms with van der Waals surface area (Å²) in [5.74, 6) is 0. The van der Waals surface area contributed by atoms with Gasteiger partial charge in [-0.2, -0.15) is 0 Å². The van der Waals surface area contributed by atoms with E-state index in [1.54, 1.807) is 0 Å². The fourth-order valence-corrected chi connectivity index (χ4v) is 4.31. The number of thiocarbonyl (C=S) groups is 2. The van der Waals surface area contributed by atoms with Gasteiger partial charge in [0.1, 0.15) is 0 Å². The van der Waals surface area contributed by atoms with Crippen molar-refractivity contribution in [1.82, 2.24) is 0 Å². The van der Waals surface area contributed by atoms with E-state index in [1.807, 2.05) is 0 Å². The van der Waals surface area contributed by atoms with Gasteiger partial charge < -0.3 is 49.7 Å². The van der Waals surface area contributed by atoms with E-state index in [4.69, 9.17) is 49.7 Å². The Hall–Kier alpha value is 0.540. The van der Waals surface area contributed by atoms with Crippen molar-refractivity contribution in [2.24, 2.45) is 0 Å². The Labute approximate surface area is 178 Å². The number of nitrogens with zero attached hydrogens (tertiary/aromatic N) is 2. The summed E-state index contributed by atoms with van der Waals surface area (Å²) in [4.78, 5) is 0. The molecule has 0 saturated carbocycles. The summed E-state index contributed by atoms with van der Waals surface area (Å²) >= 11 is 22.5. The molecule has 0 aromatic heterocycles. The maximum atomic E-state index is 5.64. The van der Waals surface area contributed by atoms with Gasteiger partial charge in [-0.25, -0.2) is 0 Å². The standard InChI is InChI=1S/C19H38N2S4/c1-5-9-13-20(18(22)23,14-10-6-2)17-21(19(24)25,15-11-7-3)16-12-8-4/h5-17H2,1-4H3. The average molecular weight is 423 g/mol. The predicted molar refractivity (Wildman–Crippen MR) is 124 cm³/mol. The third-order valence-corrected chi connectivity index (χ3v) is 6.62. The number of quaternary nitrogens is 2. The van der Waals surface area contributed by atoms with Gasteiger partial charge in [0, 0.05) is 8.64 Å². The molecule has 2 nitrogen and oxygen atoms in total. The van der Waals surface area contributed by atoms with Gasteiger partial charge in [0.2, 0.25) is 6.67 Å². The Kier molecular flexibility index (Phi) is 14.0. The maximum absolute atomic E-state index is 5.64. The summed E-state index contributed by atoms with van der Waals surface area (Å²) in [6.07, 6.45) is 9.22. The zero-order valence-electron chi connectivity index (χ0n) is 16.7. The third kappa shape index (κ3) is 8.39. The molecule has 6 heteroatoms. The van der Waals surface area contributed by atoms with Crippen LogP contribution in [0.15, 0.2) is 0 Å². The molecule has 0 rings (SSSR count). The van der Waals surface area contributed by atoms with Crippen LogP contribution in [0.2, 0.25) is 0 Å². The molecule has 0 aliphatic carbocycles. The van der Waals surface area contributed by atoms with E-state index in [0.717, 1.165) is 93.2 Å². The van der Waals surface area contributed by atoms with E-state index in [1.165, 1.54) is 0 Å². The Morgan fingerprint density at radius 3 is 1.00 bits per heavy atom. The quantitative estimate of drug-likeness (QED) is 0.158. The van der Waals surface area contributed by atoms with Gasteiger partial charge in [-0.1, -0.05) is 53.4 Å². The molecule has 0 fully saturated rings. The van der Waals surface area contributed by atoms with Crippen LogP contribution >= 0.6 is 24.4 Å². The largest absolute Gasteiger partial charge is 0.369 e. The highest BCUT2D eigenvalue weighted by molar-refractivity contribution is 8.00. The van der Waals surface area contributed by atoms with Crippen molar-refractivity contribution in [3.63, 3.8) is 0 Å². The van der Waals surface area contributed by atoms with Crippen molar-refractivity contribution in [3.8, 4) is 0 Å². The molecule has 0 heterocycles. The third-order valence-electron chi connectivity index (χ3n) is 5.07. The Morgan fingerprint density at radius 2 is 0.840 bits per heavy atom. The van der Waals surface area contributed by atoms with Crippen molar-refractivity contribution in [2.45, 2.75) is 79.1 Å². The fourth-order valence-electron chi connectivity index (χ4n) is 3.35. The number of rotatable bonds is 14. The average Bonchev–Trinajstić information content (AvgIpc) is 2.59. The number of hydrogen-bond donors (Lipinski definition) is 0. The molecule has 0 aromatic rings. The highest BCUT2D eigenvalue weighted by atomic mass is 32.1. The first kappa shape index (κ1) is 25.5. The lowest BCUT2D eigenvalue weighted by molar-refractivity contribution is -1.02. The number of unbranched alkanes of at least 4 members (excludes halogenated alkanes) is 4. The molecule has 0 saturated heterocycles. The van der Waals surface area contributed by atoms with Crippen molar-refractivity contribution < 1.29 is 8.97 Å². The van der Waals surface area contributed by atoms with Gasteiger partial charge >= 0.3 is 0 Å². The van der Waals surface area contributed by atoms with Gasteiger partial charge in [0.15, 0.2) is 0 Å². The van der Waals surface area contributed by atoms with E-state index in [9.17, 15) is 0 Å². The van der Waals surface area contributed by atoms with Crippen LogP contribution in [0.1, 0.15) is 79.1 Å². The second-order valence-corrected chi connectivity index (χ2v) is 9.34. The zero-order chi connectivity index (χ0) is 19.3. The predicted octanol–water partition coefficient (Wildman–Crippen LogP) is 5.44. The van der Waals surface area contributed by atoms with Crippen LogP contribution in [0.5, 0.6) is 0 Å². The molecular formula is C19H38N2S4. The lowest BCUT2D eigenvalue weighted by atomic mass is 10.2. The van der Waals surface area contributed by atoms with Crippen LogP contribution in [0.4, 0.5) is 0 Å². The van der Waals surface area contributed by atoms with Gasteiger partial charge in [0.25, 0.3) is 0 Å². The minimum atomic E-state index is 0.698. The summed E-state index contributed by atoms with van der Waals surface area (Å²) in [7, 11) is 0. The lowest BCUT2D eigenvalue weighted by Crippen LogP contribution is -2.66. The van der Waals surface area contributed by atoms with E-state index < -0.39 is 0 Å². The van der Waals surface area contributed by atoms with Crippen molar-refractivity contribution in [1.29, 1.82) is 0 Å². The molecule has 0 aliphatic rings. The minimum Gasteiger partial charge on any atom is -0.369 e. The molecule has 0 aromatic carbocycles. The monoisotopic (exact) mass is 422 g/mol. The normalized spacial score (nSPS) is 12.3. The summed E-state index contributed by atoms with van der Waals surface area (Å²) in [5, 5.41) is 0. The van der Waals surface area contributed by atoms with Gasteiger partial charge in [-0.3, -0.25) is 8.97 Å². The second-order valence-electron chi connectivity index (χ2n) is 7.27. The molecule has 0 bridgehead atoms. The first-order valence-corrected chi connectivity index (χ1v) is 11.6. The first-order valence-electron chi connectivity index (χ1n) is 9.99. The van der Waals surface area contributed by atoms with Crippen LogP contribution < -0.4 is 0 Å². The molecule has 0 radical (unpaired) electrons. The molecule has 148 valence electrons. The van der Waals surface area contributed by atoms with E-state index in [-0.39, 0.29) is 0 Å². The Balaban J connectivity index is 5.79. The van der Waals surface area contributed by atoms with Gasteiger partial charge in [0.05, 0.1) is 26.2 Å². The molecule has 0 N–H and O–H groups in total. The van der Waals surface area contributed by atoms with Crippen LogP contribution in [-0.2, 0) is 25.3 Å². The Bertz CT molecular complexity index is 347. The minimum absolute atomic E-state index is 0.698. The van der Waals surface area contributed by atoms with Crippen LogP contribution in [-0.4, -0.2) is 50.5 Å². The van der Waals surface area contributed by atoms with E-state index in [2.05, 4.69) is 27.7 Å². The second kappa shape index (κ2) is 13.7. The highest BCUT2D eigenvalue weighted by Gasteiger charge is 2.38. The van der Waals surface area contributed by atoms with Crippen LogP contribution in [0.25, 0.3) is 0 Å². The molecule has 0 aliphatic heterocycles. The number of hydrogen-bond acceptors (Lipinski definition) is 4. The molecular weight excluding hydrogens is 384 g/mol. The first-order chi connectivity index (χ1) is 11.8. The topological polar surface area (TPSA) is 0 Å². The highest BCUT2D eigenvalue weighted by Crippen LogP contribution is 2.23. The van der Waals surface area contributed by atoms with Gasteiger partial charge in [-0.15, -0.1) is 0 Å². The van der Waals surface area contributed by atoms with Crippen molar-refractivity contribution in [2.75, 3.05) is 32.8 Å². The van der Waals surface area contributed by atoms with Gasteiger partial charge in [-0.05, 0) is 25.7 Å². The maximum Gasteiger partial charge on any atom is 0.214 e. The summed E-state index contributed by atoms with van der Waals surface area (Å²) in [6.45, 7) is 13.9. The smallest absolute Gasteiger partial charge is 0.214 e. The zero-order valence-corrected chi connectivity index (χ0v) is 20.0. The molecule has 0 unspecified atom stereocenters. The SMILES string of the molecule is CCCC[N+](CCCC)(C[N+](CCCC)(CCCC)C(=S)[S-])C(=S)[S-]. The summed E-state index contributed by atoms with van der Waals surface area (Å²) in [6, 6.07) is 0. The van der Waals surface area contributed by atoms with Crippen molar-refractivity contribution in [3.05, 3.63) is 0 Å². The summed E-state index contributed by atoms with van der Waals surface area (Å²) in [5.41, 5.74) is 0. The van der Waals surface area contributed by atoms with Crippen molar-refractivity contribution >= 4 is 58.3 Å². The molecule has 25 heavy (non-hydrogen) atoms. The van der Waals surface area contributed by atoms with Crippen LogP contribution in [0.3, 0.4) is 0 Å². The lowest BCUT2D eigenvalue weighted by Gasteiger charge is -2.50.